The maximum atomic E-state index is 11.0. The number of hydrogen-bond donors (Lipinski definition) is 2. The number of fused-ring (bicyclic) bond motifs is 1. The Morgan fingerprint density at radius 2 is 2.33 bits per heavy atom. The maximum Gasteiger partial charge on any atom is 0.356 e. The summed E-state index contributed by atoms with van der Waals surface area (Å²) in [6.45, 7) is 1.91. The van der Waals surface area contributed by atoms with Crippen molar-refractivity contribution >= 4 is 24.1 Å². The molecule has 0 aliphatic heterocycles. The van der Waals surface area contributed by atoms with E-state index in [1.807, 2.05) is 23.5 Å². The Kier molecular flexibility index (Phi) is 2.40. The minimum absolute atomic E-state index is 0.0859. The van der Waals surface area contributed by atoms with Crippen LogP contribution in [0.1, 0.15) is 22.0 Å². The Hall–Kier alpha value is -1.49. The molecule has 78 valence electrons. The third-order valence-corrected chi connectivity index (χ3v) is 2.55. The highest BCUT2D eigenvalue weighted by atomic mass is 32.1. The van der Waals surface area contributed by atoms with E-state index in [0.717, 1.165) is 5.69 Å². The summed E-state index contributed by atoms with van der Waals surface area (Å²) in [6.07, 6.45) is 0. The highest BCUT2D eigenvalue weighted by Gasteiger charge is 2.16. The smallest absolute Gasteiger partial charge is 0.356 e. The number of hydrogen-bond acceptors (Lipinski definition) is 3. The van der Waals surface area contributed by atoms with E-state index in [0.29, 0.717) is 17.1 Å². The molecule has 2 rings (SSSR count). The summed E-state index contributed by atoms with van der Waals surface area (Å²) in [6, 6.07) is 5.48. The number of pyridine rings is 1. The third-order valence-electron chi connectivity index (χ3n) is 2.27. The lowest BCUT2D eigenvalue weighted by atomic mass is 10.3. The summed E-state index contributed by atoms with van der Waals surface area (Å²) in [4.78, 5) is 15.0. The number of carboxylic acids is 1. The molecule has 15 heavy (non-hydrogen) atoms. The second-order valence-corrected chi connectivity index (χ2v) is 3.54. The molecule has 0 radical (unpaired) electrons. The minimum Gasteiger partial charge on any atom is -0.476 e. The third kappa shape index (κ3) is 1.48. The zero-order chi connectivity index (χ0) is 11.0. The molecular formula is C10H10N2O2S. The van der Waals surface area contributed by atoms with E-state index in [1.54, 1.807) is 6.07 Å². The highest BCUT2D eigenvalue weighted by molar-refractivity contribution is 7.79. The van der Waals surface area contributed by atoms with Crippen LogP contribution in [0.25, 0.3) is 5.52 Å². The van der Waals surface area contributed by atoms with Crippen molar-refractivity contribution in [3.05, 3.63) is 35.4 Å². The molecule has 0 fully saturated rings. The van der Waals surface area contributed by atoms with Gasteiger partial charge in [-0.15, -0.1) is 0 Å². The first kappa shape index (κ1) is 10.0. The fraction of sp³-hybridized carbons (Fsp3) is 0.200. The Balaban J connectivity index is 2.87. The average molecular weight is 222 g/mol. The van der Waals surface area contributed by atoms with Crippen LogP contribution >= 0.6 is 12.6 Å². The zero-order valence-electron chi connectivity index (χ0n) is 8.14. The van der Waals surface area contributed by atoms with Crippen LogP contribution < -0.4 is 0 Å². The van der Waals surface area contributed by atoms with Crippen LogP contribution in [0, 0.1) is 6.92 Å². The molecule has 0 aromatic carbocycles. The summed E-state index contributed by atoms with van der Waals surface area (Å²) in [5.74, 6) is 0.0641. The molecule has 2 aromatic heterocycles. The van der Waals surface area contributed by atoms with Crippen LogP contribution in [0.3, 0.4) is 0 Å². The molecule has 0 bridgehead atoms. The molecular weight excluding hydrogens is 212 g/mol. The molecule has 0 saturated carbocycles. The van der Waals surface area contributed by atoms with E-state index in [9.17, 15) is 4.79 Å². The molecule has 0 saturated heterocycles. The maximum absolute atomic E-state index is 11.0. The van der Waals surface area contributed by atoms with Crippen molar-refractivity contribution in [2.24, 2.45) is 0 Å². The molecule has 5 heteroatoms. The van der Waals surface area contributed by atoms with Gasteiger partial charge in [0.1, 0.15) is 5.82 Å². The largest absolute Gasteiger partial charge is 0.476 e. The van der Waals surface area contributed by atoms with Crippen molar-refractivity contribution in [2.45, 2.75) is 12.7 Å². The number of aromatic nitrogens is 2. The number of nitrogens with zero attached hydrogens (tertiary/aromatic N) is 2. The first-order valence-electron chi connectivity index (χ1n) is 4.46. The fourth-order valence-electron chi connectivity index (χ4n) is 1.64. The molecule has 2 heterocycles. The first-order chi connectivity index (χ1) is 7.15. The van der Waals surface area contributed by atoms with Gasteiger partial charge >= 0.3 is 5.97 Å². The lowest BCUT2D eigenvalue weighted by molar-refractivity contribution is 0.0693. The Labute approximate surface area is 92.0 Å². The second-order valence-electron chi connectivity index (χ2n) is 3.23. The summed E-state index contributed by atoms with van der Waals surface area (Å²) >= 11 is 4.14. The van der Waals surface area contributed by atoms with Crippen LogP contribution in [0.2, 0.25) is 0 Å². The van der Waals surface area contributed by atoms with E-state index in [1.165, 1.54) is 0 Å². The van der Waals surface area contributed by atoms with Gasteiger partial charge in [0.15, 0.2) is 5.69 Å². The van der Waals surface area contributed by atoms with Crippen LogP contribution in [-0.4, -0.2) is 20.5 Å². The molecule has 2 aromatic rings. The predicted octanol–water partition coefficient (Wildman–Crippen LogP) is 1.77. The Bertz CT molecular complexity index is 533. The lowest BCUT2D eigenvalue weighted by Gasteiger charge is -2.01. The number of aromatic carboxylic acids is 1. The van der Waals surface area contributed by atoms with Crippen LogP contribution in [0.15, 0.2) is 18.2 Å². The first-order valence-corrected chi connectivity index (χ1v) is 5.09. The number of rotatable bonds is 2. The van der Waals surface area contributed by atoms with Gasteiger partial charge in [-0.1, -0.05) is 6.07 Å². The number of aryl methyl sites for hydroxylation is 1. The fourth-order valence-corrected chi connectivity index (χ4v) is 1.86. The monoisotopic (exact) mass is 222 g/mol. The van der Waals surface area contributed by atoms with E-state index in [4.69, 9.17) is 5.11 Å². The van der Waals surface area contributed by atoms with E-state index >= 15 is 0 Å². The summed E-state index contributed by atoms with van der Waals surface area (Å²) in [5.41, 5.74) is 1.66. The van der Waals surface area contributed by atoms with Crippen LogP contribution in [-0.2, 0) is 5.75 Å². The van der Waals surface area contributed by atoms with Crippen molar-refractivity contribution < 1.29 is 9.90 Å². The SMILES string of the molecule is Cc1cccc2c(C(=O)O)nc(CS)n12. The minimum atomic E-state index is -1.01. The standard InChI is InChI=1S/C10H10N2O2S/c1-6-3-2-4-7-9(10(13)14)11-8(5-15)12(6)7/h2-4,15H,5H2,1H3,(H,13,14). The van der Waals surface area contributed by atoms with Crippen molar-refractivity contribution in [3.8, 4) is 0 Å². The van der Waals surface area contributed by atoms with Gasteiger partial charge in [0.25, 0.3) is 0 Å². The van der Waals surface area contributed by atoms with Gasteiger partial charge < -0.3 is 5.11 Å². The molecule has 0 atom stereocenters. The number of imidazole rings is 1. The quantitative estimate of drug-likeness (QED) is 0.761. The molecule has 1 N–H and O–H groups in total. The van der Waals surface area contributed by atoms with Crippen molar-refractivity contribution in [1.82, 2.24) is 9.38 Å². The van der Waals surface area contributed by atoms with Crippen molar-refractivity contribution in [3.63, 3.8) is 0 Å². The molecule has 0 aliphatic carbocycles. The van der Waals surface area contributed by atoms with Gasteiger partial charge in [-0.25, -0.2) is 9.78 Å². The Morgan fingerprint density at radius 1 is 1.60 bits per heavy atom. The summed E-state index contributed by atoms with van der Waals surface area (Å²) in [7, 11) is 0. The van der Waals surface area contributed by atoms with Crippen molar-refractivity contribution in [2.75, 3.05) is 0 Å². The Morgan fingerprint density at radius 3 is 2.93 bits per heavy atom. The van der Waals surface area contributed by atoms with Gasteiger partial charge in [0.05, 0.1) is 5.52 Å². The normalized spacial score (nSPS) is 10.8. The van der Waals surface area contributed by atoms with Gasteiger partial charge in [-0.05, 0) is 19.1 Å². The highest BCUT2D eigenvalue weighted by Crippen LogP contribution is 2.16. The summed E-state index contributed by atoms with van der Waals surface area (Å²) in [5, 5.41) is 8.98. The van der Waals surface area contributed by atoms with Crippen molar-refractivity contribution in [1.29, 1.82) is 0 Å². The average Bonchev–Trinajstić information content (AvgIpc) is 2.58. The van der Waals surface area contributed by atoms with Crippen LogP contribution in [0.5, 0.6) is 0 Å². The predicted molar refractivity (Wildman–Crippen MR) is 59.6 cm³/mol. The van der Waals surface area contributed by atoms with E-state index in [-0.39, 0.29) is 5.69 Å². The number of thiol groups is 1. The van der Waals surface area contributed by atoms with E-state index < -0.39 is 5.97 Å². The van der Waals surface area contributed by atoms with Gasteiger partial charge in [-0.3, -0.25) is 4.40 Å². The number of carboxylic acid groups (broad SMARTS) is 1. The van der Waals surface area contributed by atoms with Gasteiger partial charge in [0, 0.05) is 11.4 Å². The summed E-state index contributed by atoms with van der Waals surface area (Å²) < 4.78 is 1.82. The topological polar surface area (TPSA) is 54.6 Å². The molecule has 0 aliphatic rings. The molecule has 4 nitrogen and oxygen atoms in total. The van der Waals surface area contributed by atoms with Gasteiger partial charge in [0.2, 0.25) is 0 Å². The van der Waals surface area contributed by atoms with Gasteiger partial charge in [-0.2, -0.15) is 12.6 Å². The lowest BCUT2D eigenvalue weighted by Crippen LogP contribution is -1.97. The molecule has 0 spiro atoms. The molecule has 0 unspecified atom stereocenters. The zero-order valence-corrected chi connectivity index (χ0v) is 9.03. The van der Waals surface area contributed by atoms with E-state index in [2.05, 4.69) is 17.6 Å². The number of carbonyl (C=O) groups is 1. The molecule has 0 amide bonds. The van der Waals surface area contributed by atoms with Crippen LogP contribution in [0.4, 0.5) is 0 Å². The second kappa shape index (κ2) is 3.58.